The molecule has 0 spiro atoms. The number of nitrogens with one attached hydrogen (secondary N) is 1. The minimum absolute atomic E-state index is 0.0201. The molecule has 1 aromatic carbocycles. The molecular formula is C21H31N3O2. The topological polar surface area (TPSA) is 52.7 Å². The van der Waals surface area contributed by atoms with E-state index in [9.17, 15) is 9.59 Å². The summed E-state index contributed by atoms with van der Waals surface area (Å²) in [6, 6.07) is 10.4. The molecule has 0 unspecified atom stereocenters. The molecule has 2 fully saturated rings. The Bertz CT molecular complexity index is 597. The van der Waals surface area contributed by atoms with Crippen molar-refractivity contribution < 1.29 is 9.59 Å². The Balaban J connectivity index is 1.58. The number of rotatable bonds is 7. The zero-order valence-corrected chi connectivity index (χ0v) is 15.8. The Hall–Kier alpha value is -1.88. The second-order valence-corrected chi connectivity index (χ2v) is 7.83. The molecule has 2 heterocycles. The number of carbonyl (C=O) groups is 2. The van der Waals surface area contributed by atoms with Gasteiger partial charge in [0.25, 0.3) is 0 Å². The van der Waals surface area contributed by atoms with E-state index in [2.05, 4.69) is 29.4 Å². The van der Waals surface area contributed by atoms with Crippen LogP contribution in [0.25, 0.3) is 0 Å². The van der Waals surface area contributed by atoms with Crippen LogP contribution < -0.4 is 5.32 Å². The number of amides is 2. The zero-order valence-electron chi connectivity index (χ0n) is 15.8. The summed E-state index contributed by atoms with van der Waals surface area (Å²) in [6.07, 6.45) is 4.98. The third kappa shape index (κ3) is 5.56. The van der Waals surface area contributed by atoms with Crippen molar-refractivity contribution >= 4 is 11.8 Å². The average Bonchev–Trinajstić information content (AvgIpc) is 3.05. The summed E-state index contributed by atoms with van der Waals surface area (Å²) in [4.78, 5) is 28.8. The fourth-order valence-corrected chi connectivity index (χ4v) is 3.95. The average molecular weight is 357 g/mol. The van der Waals surface area contributed by atoms with Crippen molar-refractivity contribution in [2.75, 3.05) is 33.2 Å². The van der Waals surface area contributed by atoms with Gasteiger partial charge in [-0.25, -0.2) is 0 Å². The number of hydrogen-bond donors (Lipinski definition) is 1. The van der Waals surface area contributed by atoms with Crippen molar-refractivity contribution in [3.8, 4) is 0 Å². The van der Waals surface area contributed by atoms with Crippen molar-refractivity contribution in [3.05, 3.63) is 35.9 Å². The van der Waals surface area contributed by atoms with E-state index < -0.39 is 0 Å². The monoisotopic (exact) mass is 357 g/mol. The zero-order chi connectivity index (χ0) is 18.4. The molecule has 0 aromatic heterocycles. The van der Waals surface area contributed by atoms with Crippen molar-refractivity contribution in [3.63, 3.8) is 0 Å². The molecule has 5 heteroatoms. The summed E-state index contributed by atoms with van der Waals surface area (Å²) in [5.74, 6) is 0.852. The minimum Gasteiger partial charge on any atom is -0.353 e. The molecule has 0 saturated carbocycles. The van der Waals surface area contributed by atoms with Crippen LogP contribution in [0.1, 0.15) is 37.7 Å². The molecule has 3 rings (SSSR count). The Morgan fingerprint density at radius 2 is 1.92 bits per heavy atom. The van der Waals surface area contributed by atoms with Gasteiger partial charge in [-0.3, -0.25) is 9.59 Å². The molecule has 0 aliphatic carbocycles. The van der Waals surface area contributed by atoms with Crippen molar-refractivity contribution in [1.82, 2.24) is 15.1 Å². The van der Waals surface area contributed by atoms with Crippen molar-refractivity contribution in [2.24, 2.45) is 5.92 Å². The van der Waals surface area contributed by atoms with E-state index >= 15 is 0 Å². The van der Waals surface area contributed by atoms with Gasteiger partial charge in [-0.1, -0.05) is 30.3 Å². The van der Waals surface area contributed by atoms with Crippen molar-refractivity contribution in [1.29, 1.82) is 0 Å². The molecule has 1 aromatic rings. The maximum absolute atomic E-state index is 12.9. The first-order chi connectivity index (χ1) is 12.6. The smallest absolute Gasteiger partial charge is 0.224 e. The minimum atomic E-state index is 0.0201. The molecule has 2 saturated heterocycles. The lowest BCUT2D eigenvalue weighted by molar-refractivity contribution is -0.132. The van der Waals surface area contributed by atoms with E-state index in [0.717, 1.165) is 51.9 Å². The molecule has 5 nitrogen and oxygen atoms in total. The Morgan fingerprint density at radius 1 is 1.19 bits per heavy atom. The second-order valence-electron chi connectivity index (χ2n) is 7.83. The third-order valence-corrected chi connectivity index (χ3v) is 5.69. The van der Waals surface area contributed by atoms with Crippen LogP contribution in [-0.2, 0) is 16.0 Å². The van der Waals surface area contributed by atoms with Gasteiger partial charge in [0, 0.05) is 32.0 Å². The summed E-state index contributed by atoms with van der Waals surface area (Å²) in [5.41, 5.74) is 1.27. The first-order valence-electron chi connectivity index (χ1n) is 9.90. The van der Waals surface area contributed by atoms with Crippen LogP contribution in [0.15, 0.2) is 30.3 Å². The Labute approximate surface area is 156 Å². The highest BCUT2D eigenvalue weighted by Gasteiger charge is 2.27. The van der Waals surface area contributed by atoms with E-state index in [4.69, 9.17) is 0 Å². The van der Waals surface area contributed by atoms with Gasteiger partial charge < -0.3 is 15.1 Å². The SMILES string of the molecule is CN1CCC(CN(CCc2ccccc2)C(=O)C[C@H]2CCC(=O)N2)CC1. The lowest BCUT2D eigenvalue weighted by Crippen LogP contribution is -2.42. The highest BCUT2D eigenvalue weighted by molar-refractivity contribution is 5.82. The standard InChI is InChI=1S/C21H31N3O2/c1-23-12-9-18(10-13-23)16-24(14-11-17-5-3-2-4-6-17)21(26)15-19-7-8-20(25)22-19/h2-6,18-19H,7-16H2,1H3,(H,22,25)/t19-/m1/s1. The molecule has 142 valence electrons. The summed E-state index contributed by atoms with van der Waals surface area (Å²) in [7, 11) is 2.16. The third-order valence-electron chi connectivity index (χ3n) is 5.69. The molecule has 2 aliphatic rings. The molecular weight excluding hydrogens is 326 g/mol. The van der Waals surface area contributed by atoms with Crippen LogP contribution in [-0.4, -0.2) is 60.9 Å². The summed E-state index contributed by atoms with van der Waals surface area (Å²) in [6.45, 7) is 3.84. The van der Waals surface area contributed by atoms with Gasteiger partial charge in [0.2, 0.25) is 11.8 Å². The summed E-state index contributed by atoms with van der Waals surface area (Å²) >= 11 is 0. The molecule has 2 amide bonds. The van der Waals surface area contributed by atoms with E-state index in [1.807, 2.05) is 23.1 Å². The molecule has 1 N–H and O–H groups in total. The maximum Gasteiger partial charge on any atom is 0.224 e. The van der Waals surface area contributed by atoms with Crippen LogP contribution in [0.4, 0.5) is 0 Å². The highest BCUT2D eigenvalue weighted by atomic mass is 16.2. The van der Waals surface area contributed by atoms with Crippen LogP contribution >= 0.6 is 0 Å². The molecule has 0 radical (unpaired) electrons. The Kier molecular flexibility index (Phi) is 6.67. The van der Waals surface area contributed by atoms with Gasteiger partial charge in [-0.15, -0.1) is 0 Å². The fraction of sp³-hybridized carbons (Fsp3) is 0.619. The van der Waals surface area contributed by atoms with Gasteiger partial charge in [0.1, 0.15) is 0 Å². The normalized spacial score (nSPS) is 21.6. The number of hydrogen-bond acceptors (Lipinski definition) is 3. The fourth-order valence-electron chi connectivity index (χ4n) is 3.95. The molecule has 26 heavy (non-hydrogen) atoms. The second kappa shape index (κ2) is 9.17. The number of piperidine rings is 1. The quantitative estimate of drug-likeness (QED) is 0.813. The molecule has 2 aliphatic heterocycles. The number of carbonyl (C=O) groups excluding carboxylic acids is 2. The highest BCUT2D eigenvalue weighted by Crippen LogP contribution is 2.19. The van der Waals surface area contributed by atoms with Crippen LogP contribution in [0.2, 0.25) is 0 Å². The van der Waals surface area contributed by atoms with Crippen molar-refractivity contribution in [2.45, 2.75) is 44.6 Å². The predicted molar refractivity (Wildman–Crippen MR) is 103 cm³/mol. The van der Waals surface area contributed by atoms with Gasteiger partial charge in [-0.05, 0) is 57.3 Å². The van der Waals surface area contributed by atoms with E-state index in [0.29, 0.717) is 18.8 Å². The number of benzene rings is 1. The van der Waals surface area contributed by atoms with Crippen LogP contribution in [0, 0.1) is 5.92 Å². The largest absolute Gasteiger partial charge is 0.353 e. The van der Waals surface area contributed by atoms with Gasteiger partial charge in [-0.2, -0.15) is 0 Å². The first-order valence-corrected chi connectivity index (χ1v) is 9.90. The summed E-state index contributed by atoms with van der Waals surface area (Å²) < 4.78 is 0. The lowest BCUT2D eigenvalue weighted by atomic mass is 9.96. The van der Waals surface area contributed by atoms with E-state index in [-0.39, 0.29) is 17.9 Å². The van der Waals surface area contributed by atoms with Gasteiger partial charge >= 0.3 is 0 Å². The van der Waals surface area contributed by atoms with Gasteiger partial charge in [0.05, 0.1) is 0 Å². The van der Waals surface area contributed by atoms with Crippen LogP contribution in [0.5, 0.6) is 0 Å². The first kappa shape index (κ1) is 18.9. The van der Waals surface area contributed by atoms with E-state index in [1.165, 1.54) is 5.56 Å². The Morgan fingerprint density at radius 3 is 2.58 bits per heavy atom. The van der Waals surface area contributed by atoms with Crippen LogP contribution in [0.3, 0.4) is 0 Å². The predicted octanol–water partition coefficient (Wildman–Crippen LogP) is 2.07. The number of nitrogens with zero attached hydrogens (tertiary/aromatic N) is 2. The maximum atomic E-state index is 12.9. The van der Waals surface area contributed by atoms with Gasteiger partial charge in [0.15, 0.2) is 0 Å². The molecule has 0 bridgehead atoms. The summed E-state index contributed by atoms with van der Waals surface area (Å²) in [5, 5.41) is 2.93. The lowest BCUT2D eigenvalue weighted by Gasteiger charge is -2.33. The van der Waals surface area contributed by atoms with E-state index in [1.54, 1.807) is 0 Å². The molecule has 1 atom stereocenters. The number of likely N-dealkylation sites (tertiary alicyclic amines) is 1.